The van der Waals surface area contributed by atoms with E-state index in [-0.39, 0.29) is 0 Å². The first-order valence-corrected chi connectivity index (χ1v) is 7.42. The minimum Gasteiger partial charge on any atom is -0.330 e. The summed E-state index contributed by atoms with van der Waals surface area (Å²) in [5.41, 5.74) is 9.20. The van der Waals surface area contributed by atoms with Gasteiger partial charge in [0.15, 0.2) is 0 Å². The molecule has 0 unspecified atom stereocenters. The van der Waals surface area contributed by atoms with Crippen LogP contribution in [0.15, 0.2) is 18.2 Å². The van der Waals surface area contributed by atoms with E-state index in [0.717, 1.165) is 31.4 Å². The van der Waals surface area contributed by atoms with Gasteiger partial charge < -0.3 is 10.3 Å². The van der Waals surface area contributed by atoms with Gasteiger partial charge in [-0.15, -0.1) is 0 Å². The van der Waals surface area contributed by atoms with Gasteiger partial charge in [0.25, 0.3) is 0 Å². The van der Waals surface area contributed by atoms with E-state index >= 15 is 0 Å². The van der Waals surface area contributed by atoms with Crippen molar-refractivity contribution >= 4 is 11.0 Å². The molecule has 1 aromatic carbocycles. The van der Waals surface area contributed by atoms with E-state index in [0.29, 0.717) is 0 Å². The molecular formula is C16H25N3. The molecule has 2 N–H and O–H groups in total. The zero-order valence-electron chi connectivity index (χ0n) is 12.2. The summed E-state index contributed by atoms with van der Waals surface area (Å²) in [5.74, 6) is 1.23. The largest absolute Gasteiger partial charge is 0.330 e. The molecule has 1 heterocycles. The maximum absolute atomic E-state index is 5.52. The normalized spacial score (nSPS) is 11.3. The van der Waals surface area contributed by atoms with Crippen LogP contribution in [-0.2, 0) is 13.0 Å². The Morgan fingerprint density at radius 2 is 1.95 bits per heavy atom. The van der Waals surface area contributed by atoms with Crippen LogP contribution in [0.4, 0.5) is 0 Å². The molecule has 0 amide bonds. The molecule has 0 saturated carbocycles. The molecule has 0 saturated heterocycles. The van der Waals surface area contributed by atoms with Gasteiger partial charge in [0.1, 0.15) is 5.82 Å². The van der Waals surface area contributed by atoms with Gasteiger partial charge in [0, 0.05) is 13.0 Å². The van der Waals surface area contributed by atoms with Gasteiger partial charge >= 0.3 is 0 Å². The number of unbranched alkanes of at least 4 members (excludes halogenated alkanes) is 3. The number of nitrogens with zero attached hydrogens (tertiary/aromatic N) is 2. The molecule has 1 aromatic heterocycles. The Bertz CT molecular complexity index is 528. The molecule has 0 bridgehead atoms. The molecule has 3 nitrogen and oxygen atoms in total. The van der Waals surface area contributed by atoms with Gasteiger partial charge in [-0.1, -0.05) is 18.9 Å². The zero-order valence-corrected chi connectivity index (χ0v) is 12.2. The van der Waals surface area contributed by atoms with Crippen LogP contribution in [0.3, 0.4) is 0 Å². The number of benzene rings is 1. The maximum atomic E-state index is 5.52. The smallest absolute Gasteiger partial charge is 0.109 e. The van der Waals surface area contributed by atoms with E-state index in [4.69, 9.17) is 10.7 Å². The molecule has 0 aliphatic rings. The van der Waals surface area contributed by atoms with E-state index in [1.54, 1.807) is 0 Å². The average Bonchev–Trinajstić information content (AvgIpc) is 2.75. The molecule has 0 fully saturated rings. The van der Waals surface area contributed by atoms with Gasteiger partial charge in [-0.25, -0.2) is 4.98 Å². The number of hydrogen-bond acceptors (Lipinski definition) is 2. The van der Waals surface area contributed by atoms with Crippen LogP contribution in [0.5, 0.6) is 0 Å². The van der Waals surface area contributed by atoms with Gasteiger partial charge in [0.2, 0.25) is 0 Å². The van der Waals surface area contributed by atoms with Crippen LogP contribution >= 0.6 is 0 Å². The Kier molecular flexibility index (Phi) is 4.97. The summed E-state index contributed by atoms with van der Waals surface area (Å²) in [6, 6.07) is 6.54. The lowest BCUT2D eigenvalue weighted by Gasteiger charge is -2.06. The minimum atomic E-state index is 0.812. The lowest BCUT2D eigenvalue weighted by molar-refractivity contribution is 0.616. The van der Waals surface area contributed by atoms with Crippen molar-refractivity contribution in [2.75, 3.05) is 6.54 Å². The number of aromatic nitrogens is 2. The van der Waals surface area contributed by atoms with Crippen molar-refractivity contribution in [2.24, 2.45) is 5.73 Å². The molecule has 0 aliphatic carbocycles. The lowest BCUT2D eigenvalue weighted by Crippen LogP contribution is -2.02. The van der Waals surface area contributed by atoms with Crippen molar-refractivity contribution < 1.29 is 0 Å². The first kappa shape index (κ1) is 14.1. The number of rotatable bonds is 7. The molecule has 0 aliphatic heterocycles. The molecular weight excluding hydrogens is 234 g/mol. The predicted octanol–water partition coefficient (Wildman–Crippen LogP) is 3.43. The molecule has 0 atom stereocenters. The second-order valence-electron chi connectivity index (χ2n) is 5.22. The average molecular weight is 259 g/mol. The first-order chi connectivity index (χ1) is 9.26. The van der Waals surface area contributed by atoms with E-state index in [9.17, 15) is 0 Å². The number of imidazole rings is 1. The summed E-state index contributed by atoms with van der Waals surface area (Å²) in [7, 11) is 0. The maximum Gasteiger partial charge on any atom is 0.109 e. The van der Waals surface area contributed by atoms with Crippen molar-refractivity contribution in [3.63, 3.8) is 0 Å². The monoisotopic (exact) mass is 259 g/mol. The second-order valence-corrected chi connectivity index (χ2v) is 5.22. The van der Waals surface area contributed by atoms with Gasteiger partial charge in [-0.2, -0.15) is 0 Å². The Morgan fingerprint density at radius 1 is 1.16 bits per heavy atom. The fourth-order valence-electron chi connectivity index (χ4n) is 2.61. The molecule has 3 heteroatoms. The van der Waals surface area contributed by atoms with Crippen LogP contribution in [0.2, 0.25) is 0 Å². The number of hydrogen-bond donors (Lipinski definition) is 1. The molecule has 0 spiro atoms. The quantitative estimate of drug-likeness (QED) is 0.774. The fraction of sp³-hybridized carbons (Fsp3) is 0.562. The fourth-order valence-corrected chi connectivity index (χ4v) is 2.61. The van der Waals surface area contributed by atoms with Crippen molar-refractivity contribution in [1.29, 1.82) is 0 Å². The third-order valence-corrected chi connectivity index (χ3v) is 3.65. The van der Waals surface area contributed by atoms with E-state index in [1.807, 2.05) is 0 Å². The van der Waals surface area contributed by atoms with Crippen LogP contribution in [0.25, 0.3) is 11.0 Å². The van der Waals surface area contributed by atoms with Crippen LogP contribution in [0, 0.1) is 6.92 Å². The molecule has 2 aromatic rings. The Labute approximate surface area is 115 Å². The molecule has 19 heavy (non-hydrogen) atoms. The number of aryl methyl sites for hydroxylation is 3. The molecule has 2 rings (SSSR count). The van der Waals surface area contributed by atoms with Gasteiger partial charge in [-0.3, -0.25) is 0 Å². The van der Waals surface area contributed by atoms with E-state index in [1.165, 1.54) is 36.2 Å². The van der Waals surface area contributed by atoms with Crippen molar-refractivity contribution in [1.82, 2.24) is 9.55 Å². The Balaban J connectivity index is 2.09. The SMILES string of the molecule is CCn1c(CCCCCCN)nc2cc(C)ccc21. The summed E-state index contributed by atoms with van der Waals surface area (Å²) in [6.45, 7) is 6.13. The first-order valence-electron chi connectivity index (χ1n) is 7.42. The van der Waals surface area contributed by atoms with E-state index < -0.39 is 0 Å². The molecule has 104 valence electrons. The lowest BCUT2D eigenvalue weighted by atomic mass is 10.1. The highest BCUT2D eigenvalue weighted by atomic mass is 15.1. The Morgan fingerprint density at radius 3 is 2.68 bits per heavy atom. The standard InChI is InChI=1S/C16H25N3/c1-3-19-15-10-9-13(2)12-14(15)18-16(19)8-6-4-5-7-11-17/h9-10,12H,3-8,11,17H2,1-2H3. The minimum absolute atomic E-state index is 0.812. The van der Waals surface area contributed by atoms with Crippen molar-refractivity contribution in [3.8, 4) is 0 Å². The molecule has 0 radical (unpaired) electrons. The highest BCUT2D eigenvalue weighted by Gasteiger charge is 2.08. The summed E-state index contributed by atoms with van der Waals surface area (Å²) in [5, 5.41) is 0. The Hall–Kier alpha value is -1.35. The van der Waals surface area contributed by atoms with Gasteiger partial charge in [-0.05, 0) is 50.9 Å². The van der Waals surface area contributed by atoms with Crippen molar-refractivity contribution in [3.05, 3.63) is 29.6 Å². The summed E-state index contributed by atoms with van der Waals surface area (Å²) in [4.78, 5) is 4.80. The number of nitrogens with two attached hydrogens (primary N) is 1. The summed E-state index contributed by atoms with van der Waals surface area (Å²) in [6.07, 6.45) is 5.92. The zero-order chi connectivity index (χ0) is 13.7. The number of fused-ring (bicyclic) bond motifs is 1. The van der Waals surface area contributed by atoms with Crippen LogP contribution in [0.1, 0.15) is 44.0 Å². The predicted molar refractivity (Wildman–Crippen MR) is 81.4 cm³/mol. The highest BCUT2D eigenvalue weighted by molar-refractivity contribution is 5.76. The third-order valence-electron chi connectivity index (χ3n) is 3.65. The summed E-state index contributed by atoms with van der Waals surface area (Å²) >= 11 is 0. The second kappa shape index (κ2) is 6.71. The van der Waals surface area contributed by atoms with E-state index in [2.05, 4.69) is 36.6 Å². The topological polar surface area (TPSA) is 43.8 Å². The van der Waals surface area contributed by atoms with Crippen LogP contribution in [-0.4, -0.2) is 16.1 Å². The highest BCUT2D eigenvalue weighted by Crippen LogP contribution is 2.19. The van der Waals surface area contributed by atoms with Crippen molar-refractivity contribution in [2.45, 2.75) is 52.5 Å². The third kappa shape index (κ3) is 3.35. The summed E-state index contributed by atoms with van der Waals surface area (Å²) < 4.78 is 2.34. The van der Waals surface area contributed by atoms with Crippen LogP contribution < -0.4 is 5.73 Å². The van der Waals surface area contributed by atoms with Gasteiger partial charge in [0.05, 0.1) is 11.0 Å².